The maximum atomic E-state index is 12.2. The van der Waals surface area contributed by atoms with E-state index in [0.717, 1.165) is 12.8 Å². The summed E-state index contributed by atoms with van der Waals surface area (Å²) in [5.74, 6) is -0.889. The van der Waals surface area contributed by atoms with Crippen molar-refractivity contribution in [2.75, 3.05) is 19.6 Å². The van der Waals surface area contributed by atoms with Crippen molar-refractivity contribution < 1.29 is 14.7 Å². The fourth-order valence-electron chi connectivity index (χ4n) is 2.38. The van der Waals surface area contributed by atoms with E-state index in [9.17, 15) is 9.59 Å². The molecule has 94 valence electrons. The highest BCUT2D eigenvalue weighted by Crippen LogP contribution is 2.21. The number of amides is 2. The molecule has 2 amide bonds. The van der Waals surface area contributed by atoms with Gasteiger partial charge >= 0.3 is 12.0 Å². The Labute approximate surface area is 101 Å². The van der Waals surface area contributed by atoms with Gasteiger partial charge in [-0.2, -0.15) is 0 Å². The van der Waals surface area contributed by atoms with Crippen LogP contribution in [0.1, 0.15) is 26.2 Å². The summed E-state index contributed by atoms with van der Waals surface area (Å²) < 4.78 is 0. The fourth-order valence-corrected chi connectivity index (χ4v) is 2.38. The SMILES string of the molecule is CC1=CCN(C(=O)N2CCC[C@H]2C(=O)O)CC1. The Morgan fingerprint density at radius 3 is 2.76 bits per heavy atom. The molecule has 2 heterocycles. The molecule has 0 aliphatic carbocycles. The van der Waals surface area contributed by atoms with Crippen molar-refractivity contribution in [3.63, 3.8) is 0 Å². The number of carbonyl (C=O) groups is 2. The zero-order valence-corrected chi connectivity index (χ0v) is 10.1. The molecule has 5 heteroatoms. The Balaban J connectivity index is 2.02. The van der Waals surface area contributed by atoms with Crippen molar-refractivity contribution >= 4 is 12.0 Å². The normalized spacial score (nSPS) is 24.8. The van der Waals surface area contributed by atoms with Crippen LogP contribution in [-0.2, 0) is 4.79 Å². The summed E-state index contributed by atoms with van der Waals surface area (Å²) in [5.41, 5.74) is 1.30. The van der Waals surface area contributed by atoms with Gasteiger partial charge in [0.15, 0.2) is 0 Å². The number of nitrogens with zero attached hydrogens (tertiary/aromatic N) is 2. The molecule has 1 N–H and O–H groups in total. The van der Waals surface area contributed by atoms with Crippen LogP contribution in [0, 0.1) is 0 Å². The molecule has 2 aliphatic heterocycles. The van der Waals surface area contributed by atoms with E-state index in [1.807, 2.05) is 6.08 Å². The number of rotatable bonds is 1. The van der Waals surface area contributed by atoms with E-state index in [-0.39, 0.29) is 6.03 Å². The maximum Gasteiger partial charge on any atom is 0.326 e. The minimum Gasteiger partial charge on any atom is -0.480 e. The van der Waals surface area contributed by atoms with Crippen LogP contribution >= 0.6 is 0 Å². The number of carboxylic acid groups (broad SMARTS) is 1. The molecule has 0 saturated carbocycles. The van der Waals surface area contributed by atoms with Gasteiger partial charge in [-0.1, -0.05) is 11.6 Å². The van der Waals surface area contributed by atoms with E-state index < -0.39 is 12.0 Å². The third kappa shape index (κ3) is 2.43. The molecule has 0 aromatic carbocycles. The summed E-state index contributed by atoms with van der Waals surface area (Å²) in [6, 6.07) is -0.756. The molecule has 1 fully saturated rings. The van der Waals surface area contributed by atoms with Crippen LogP contribution < -0.4 is 0 Å². The van der Waals surface area contributed by atoms with Crippen molar-refractivity contribution in [3.8, 4) is 0 Å². The number of hydrogen-bond acceptors (Lipinski definition) is 2. The van der Waals surface area contributed by atoms with Gasteiger partial charge < -0.3 is 14.9 Å². The summed E-state index contributed by atoms with van der Waals surface area (Å²) >= 11 is 0. The minimum absolute atomic E-state index is 0.126. The second-order valence-electron chi connectivity index (χ2n) is 4.72. The maximum absolute atomic E-state index is 12.2. The van der Waals surface area contributed by atoms with Gasteiger partial charge in [0.05, 0.1) is 0 Å². The van der Waals surface area contributed by atoms with Gasteiger partial charge in [-0.3, -0.25) is 0 Å². The van der Waals surface area contributed by atoms with Crippen LogP contribution in [0.2, 0.25) is 0 Å². The van der Waals surface area contributed by atoms with E-state index in [4.69, 9.17) is 5.11 Å². The number of aliphatic carboxylic acids is 1. The second kappa shape index (κ2) is 4.77. The Hall–Kier alpha value is -1.52. The lowest BCUT2D eigenvalue weighted by molar-refractivity contribution is -0.141. The first-order chi connectivity index (χ1) is 8.09. The zero-order chi connectivity index (χ0) is 12.4. The third-order valence-corrected chi connectivity index (χ3v) is 3.49. The molecular formula is C12H18N2O3. The lowest BCUT2D eigenvalue weighted by atomic mass is 10.1. The molecule has 0 unspecified atom stereocenters. The Kier molecular flexibility index (Phi) is 3.36. The average Bonchev–Trinajstić information content (AvgIpc) is 2.78. The van der Waals surface area contributed by atoms with Crippen LogP contribution in [0.3, 0.4) is 0 Å². The molecule has 1 saturated heterocycles. The van der Waals surface area contributed by atoms with Gasteiger partial charge in [0.2, 0.25) is 0 Å². The fraction of sp³-hybridized carbons (Fsp3) is 0.667. The molecule has 0 aromatic rings. The standard InChI is InChI=1S/C12H18N2O3/c1-9-4-7-13(8-5-9)12(17)14-6-2-3-10(14)11(15)16/h4,10H,2-3,5-8H2,1H3,(H,15,16)/t10-/m0/s1. The lowest BCUT2D eigenvalue weighted by Crippen LogP contribution is -2.49. The lowest BCUT2D eigenvalue weighted by Gasteiger charge is -2.31. The summed E-state index contributed by atoms with van der Waals surface area (Å²) in [4.78, 5) is 26.4. The van der Waals surface area contributed by atoms with Crippen molar-refractivity contribution in [2.24, 2.45) is 0 Å². The van der Waals surface area contributed by atoms with Crippen LogP contribution in [0.5, 0.6) is 0 Å². The van der Waals surface area contributed by atoms with Gasteiger partial charge in [0.25, 0.3) is 0 Å². The first-order valence-corrected chi connectivity index (χ1v) is 6.03. The minimum atomic E-state index is -0.889. The molecule has 0 aromatic heterocycles. The monoisotopic (exact) mass is 238 g/mol. The van der Waals surface area contributed by atoms with E-state index >= 15 is 0 Å². The highest BCUT2D eigenvalue weighted by atomic mass is 16.4. The highest BCUT2D eigenvalue weighted by molar-refractivity contribution is 5.83. The van der Waals surface area contributed by atoms with E-state index in [2.05, 4.69) is 6.92 Å². The number of carbonyl (C=O) groups excluding carboxylic acids is 1. The van der Waals surface area contributed by atoms with Crippen LogP contribution in [0.25, 0.3) is 0 Å². The van der Waals surface area contributed by atoms with Crippen LogP contribution in [0.4, 0.5) is 4.79 Å². The van der Waals surface area contributed by atoms with Crippen molar-refractivity contribution in [1.29, 1.82) is 0 Å². The van der Waals surface area contributed by atoms with Crippen molar-refractivity contribution in [2.45, 2.75) is 32.2 Å². The Morgan fingerprint density at radius 1 is 1.41 bits per heavy atom. The summed E-state index contributed by atoms with van der Waals surface area (Å²) in [6.45, 7) is 3.92. The molecule has 2 rings (SSSR count). The number of carboxylic acids is 1. The number of hydrogen-bond donors (Lipinski definition) is 1. The Bertz CT molecular complexity index is 365. The zero-order valence-electron chi connectivity index (χ0n) is 10.1. The van der Waals surface area contributed by atoms with E-state index in [1.165, 1.54) is 10.5 Å². The predicted octanol–water partition coefficient (Wildman–Crippen LogP) is 1.31. The smallest absolute Gasteiger partial charge is 0.326 e. The van der Waals surface area contributed by atoms with Crippen molar-refractivity contribution in [3.05, 3.63) is 11.6 Å². The van der Waals surface area contributed by atoms with Gasteiger partial charge in [0, 0.05) is 19.6 Å². The molecule has 2 aliphatic rings. The average molecular weight is 238 g/mol. The van der Waals surface area contributed by atoms with Gasteiger partial charge in [-0.25, -0.2) is 9.59 Å². The first-order valence-electron chi connectivity index (χ1n) is 6.03. The molecule has 0 radical (unpaired) electrons. The summed E-state index contributed by atoms with van der Waals surface area (Å²) in [5, 5.41) is 9.05. The van der Waals surface area contributed by atoms with E-state index in [1.54, 1.807) is 4.90 Å². The molecule has 17 heavy (non-hydrogen) atoms. The quantitative estimate of drug-likeness (QED) is 0.701. The second-order valence-corrected chi connectivity index (χ2v) is 4.72. The summed E-state index contributed by atoms with van der Waals surface area (Å²) in [7, 11) is 0. The van der Waals surface area contributed by atoms with Crippen LogP contribution in [0.15, 0.2) is 11.6 Å². The summed E-state index contributed by atoms with van der Waals surface area (Å²) in [6.07, 6.45) is 4.28. The molecular weight excluding hydrogens is 220 g/mol. The highest BCUT2D eigenvalue weighted by Gasteiger charge is 2.36. The van der Waals surface area contributed by atoms with Gasteiger partial charge in [0.1, 0.15) is 6.04 Å². The first kappa shape index (κ1) is 12.0. The molecule has 5 nitrogen and oxygen atoms in total. The van der Waals surface area contributed by atoms with Gasteiger partial charge in [-0.05, 0) is 26.2 Å². The Morgan fingerprint density at radius 2 is 2.18 bits per heavy atom. The molecule has 0 bridgehead atoms. The van der Waals surface area contributed by atoms with Crippen LogP contribution in [-0.4, -0.2) is 52.6 Å². The number of urea groups is 1. The third-order valence-electron chi connectivity index (χ3n) is 3.49. The van der Waals surface area contributed by atoms with E-state index in [0.29, 0.717) is 26.1 Å². The van der Waals surface area contributed by atoms with Crippen molar-refractivity contribution in [1.82, 2.24) is 9.80 Å². The number of likely N-dealkylation sites (tertiary alicyclic amines) is 1. The van der Waals surface area contributed by atoms with Gasteiger partial charge in [-0.15, -0.1) is 0 Å². The predicted molar refractivity (Wildman–Crippen MR) is 62.7 cm³/mol. The topological polar surface area (TPSA) is 60.9 Å². The largest absolute Gasteiger partial charge is 0.480 e. The molecule has 1 atom stereocenters. The molecule has 0 spiro atoms.